The monoisotopic (exact) mass is 176 g/mol. The van der Waals surface area contributed by atoms with Gasteiger partial charge in [0, 0.05) is 20.1 Å². The van der Waals surface area contributed by atoms with E-state index in [0.717, 1.165) is 26.3 Å². The molecule has 0 amide bonds. The molecule has 1 aliphatic heterocycles. The summed E-state index contributed by atoms with van der Waals surface area (Å²) in [6.45, 7) is 3.07. The van der Waals surface area contributed by atoms with Gasteiger partial charge in [-0.05, 0) is 0 Å². The molecule has 0 bridgehead atoms. The summed E-state index contributed by atoms with van der Waals surface area (Å²) in [5.74, 6) is 1.60. The van der Waals surface area contributed by atoms with Crippen molar-refractivity contribution in [2.75, 3.05) is 33.4 Å². The Kier molecular flexibility index (Phi) is 3.94. The zero-order chi connectivity index (χ0) is 8.10. The average Bonchev–Trinajstić information content (AvgIpc) is 2.07. The Morgan fingerprint density at radius 1 is 1.55 bits per heavy atom. The zero-order valence-corrected chi connectivity index (χ0v) is 7.50. The molecule has 1 atom stereocenters. The molecule has 0 aromatic carbocycles. The van der Waals surface area contributed by atoms with Crippen molar-refractivity contribution >= 4 is 14.3 Å². The molecule has 4 nitrogen and oxygen atoms in total. The Balaban J connectivity index is 2.32. The topological polar surface area (TPSA) is 45.1 Å². The van der Waals surface area contributed by atoms with Crippen molar-refractivity contribution in [2.45, 2.75) is 0 Å². The first-order valence-electron chi connectivity index (χ1n) is 3.57. The van der Waals surface area contributed by atoms with E-state index in [4.69, 9.17) is 4.74 Å². The smallest absolute Gasteiger partial charge is 0.146 e. The summed E-state index contributed by atoms with van der Waals surface area (Å²) in [5, 5.41) is 0. The van der Waals surface area contributed by atoms with E-state index in [0.29, 0.717) is 0 Å². The first kappa shape index (κ1) is 9.07. The van der Waals surface area contributed by atoms with Gasteiger partial charge < -0.3 is 9.63 Å². The highest BCUT2D eigenvalue weighted by molar-refractivity contribution is 7.65. The van der Waals surface area contributed by atoms with Crippen LogP contribution in [0.25, 0.3) is 0 Å². The Morgan fingerprint density at radius 2 is 2.18 bits per heavy atom. The molecule has 1 rings (SSSR count). The molecule has 1 unspecified atom stereocenters. The van der Waals surface area contributed by atoms with Gasteiger partial charge in [0.15, 0.2) is 0 Å². The van der Waals surface area contributed by atoms with Crippen LogP contribution < -0.4 is 0 Å². The third-order valence-electron chi connectivity index (χ3n) is 1.50. The van der Waals surface area contributed by atoms with Gasteiger partial charge in [-0.3, -0.25) is 9.66 Å². The van der Waals surface area contributed by atoms with Crippen molar-refractivity contribution in [3.8, 4) is 0 Å². The van der Waals surface area contributed by atoms with Gasteiger partial charge >= 0.3 is 0 Å². The summed E-state index contributed by atoms with van der Waals surface area (Å²) in [4.78, 5) is 13.2. The first-order chi connectivity index (χ1) is 5.34. The molecule has 0 radical (unpaired) electrons. The zero-order valence-electron chi connectivity index (χ0n) is 6.60. The Bertz CT molecular complexity index is 137. The lowest BCUT2D eigenvalue weighted by molar-refractivity contribution is 0.0726. The largest absolute Gasteiger partial charge is 0.379 e. The standard InChI is InChI=1S/C6H13N2O2P/c1-7-6-11(9)8-2-4-10-5-3-8/h6,9H,2-5H2,1H3. The molecule has 11 heavy (non-hydrogen) atoms. The maximum atomic E-state index is 9.46. The second kappa shape index (κ2) is 4.78. The number of ether oxygens (including phenoxy) is 1. The predicted octanol–water partition coefficient (Wildman–Crippen LogP) is 0.281. The summed E-state index contributed by atoms with van der Waals surface area (Å²) in [6, 6.07) is 0. The molecule has 0 saturated carbocycles. The maximum Gasteiger partial charge on any atom is 0.146 e. The number of hydrogen-bond donors (Lipinski definition) is 1. The number of rotatable bonds is 2. The summed E-state index contributed by atoms with van der Waals surface area (Å²) in [6.07, 6.45) is 0. The second-order valence-electron chi connectivity index (χ2n) is 2.26. The Labute approximate surface area is 67.8 Å². The van der Waals surface area contributed by atoms with Gasteiger partial charge in [-0.15, -0.1) is 0 Å². The Morgan fingerprint density at radius 3 is 2.73 bits per heavy atom. The fraction of sp³-hybridized carbons (Fsp3) is 0.833. The summed E-state index contributed by atoms with van der Waals surface area (Å²) in [5.41, 5.74) is 0. The van der Waals surface area contributed by atoms with Gasteiger partial charge in [0.1, 0.15) is 8.30 Å². The third-order valence-corrected chi connectivity index (χ3v) is 2.91. The van der Waals surface area contributed by atoms with E-state index in [-0.39, 0.29) is 0 Å². The molecule has 64 valence electrons. The molecule has 0 aliphatic carbocycles. The van der Waals surface area contributed by atoms with E-state index in [2.05, 4.69) is 4.99 Å². The lowest BCUT2D eigenvalue weighted by atomic mass is 10.5. The number of aliphatic imine (C=N–C) groups is 1. The fourth-order valence-corrected chi connectivity index (χ4v) is 1.86. The van der Waals surface area contributed by atoms with E-state index in [1.807, 2.05) is 4.67 Å². The molecular formula is C6H13N2O2P. The van der Waals surface area contributed by atoms with Crippen LogP contribution in [0.3, 0.4) is 0 Å². The van der Waals surface area contributed by atoms with E-state index in [1.54, 1.807) is 13.0 Å². The molecule has 5 heteroatoms. The van der Waals surface area contributed by atoms with Crippen LogP contribution in [0.5, 0.6) is 0 Å². The van der Waals surface area contributed by atoms with Gasteiger partial charge in [0.25, 0.3) is 0 Å². The van der Waals surface area contributed by atoms with Crippen LogP contribution in [0.2, 0.25) is 0 Å². The average molecular weight is 176 g/mol. The molecule has 0 spiro atoms. The minimum atomic E-state index is -1.14. The number of hydrogen-bond acceptors (Lipinski definition) is 4. The van der Waals surface area contributed by atoms with Crippen molar-refractivity contribution in [3.63, 3.8) is 0 Å². The lowest BCUT2D eigenvalue weighted by Crippen LogP contribution is -2.32. The fourth-order valence-electron chi connectivity index (χ4n) is 0.935. The predicted molar refractivity (Wildman–Crippen MR) is 45.9 cm³/mol. The van der Waals surface area contributed by atoms with Crippen molar-refractivity contribution in [1.82, 2.24) is 4.67 Å². The number of morpholine rings is 1. The molecule has 1 N–H and O–H groups in total. The minimum absolute atomic E-state index is 0.719. The SMILES string of the molecule is CN=CP(O)N1CCOCC1. The van der Waals surface area contributed by atoms with Crippen LogP contribution in [-0.2, 0) is 4.74 Å². The van der Waals surface area contributed by atoms with Gasteiger partial charge in [0.05, 0.1) is 19.2 Å². The highest BCUT2D eigenvalue weighted by Gasteiger charge is 2.16. The van der Waals surface area contributed by atoms with Gasteiger partial charge in [-0.2, -0.15) is 0 Å². The minimum Gasteiger partial charge on any atom is -0.379 e. The van der Waals surface area contributed by atoms with Crippen molar-refractivity contribution in [2.24, 2.45) is 4.99 Å². The van der Waals surface area contributed by atoms with Crippen LogP contribution in [0.4, 0.5) is 0 Å². The first-order valence-corrected chi connectivity index (χ1v) is 4.89. The summed E-state index contributed by atoms with van der Waals surface area (Å²) < 4.78 is 7.13. The molecule has 1 aliphatic rings. The molecule has 1 fully saturated rings. The highest BCUT2D eigenvalue weighted by Crippen LogP contribution is 2.32. The van der Waals surface area contributed by atoms with Crippen LogP contribution in [-0.4, -0.2) is 48.9 Å². The molecule has 0 aromatic rings. The number of nitrogens with zero attached hydrogens (tertiary/aromatic N) is 2. The van der Waals surface area contributed by atoms with E-state index in [1.165, 1.54) is 0 Å². The maximum absolute atomic E-state index is 9.46. The van der Waals surface area contributed by atoms with Crippen molar-refractivity contribution < 1.29 is 9.63 Å². The molecular weight excluding hydrogens is 163 g/mol. The molecule has 1 heterocycles. The van der Waals surface area contributed by atoms with Gasteiger partial charge in [-0.25, -0.2) is 0 Å². The van der Waals surface area contributed by atoms with Gasteiger partial charge in [-0.1, -0.05) is 0 Å². The van der Waals surface area contributed by atoms with Crippen LogP contribution in [0.1, 0.15) is 0 Å². The molecule has 0 aromatic heterocycles. The second-order valence-corrected chi connectivity index (χ2v) is 3.70. The summed E-state index contributed by atoms with van der Waals surface area (Å²) in [7, 11) is 0.535. The highest BCUT2D eigenvalue weighted by atomic mass is 31.2. The van der Waals surface area contributed by atoms with Gasteiger partial charge in [0.2, 0.25) is 0 Å². The van der Waals surface area contributed by atoms with Crippen molar-refractivity contribution in [1.29, 1.82) is 0 Å². The van der Waals surface area contributed by atoms with Crippen LogP contribution >= 0.6 is 8.30 Å². The van der Waals surface area contributed by atoms with E-state index < -0.39 is 8.30 Å². The van der Waals surface area contributed by atoms with E-state index in [9.17, 15) is 4.89 Å². The lowest BCUT2D eigenvalue weighted by Gasteiger charge is -2.27. The van der Waals surface area contributed by atoms with Crippen LogP contribution in [0.15, 0.2) is 4.99 Å². The van der Waals surface area contributed by atoms with E-state index >= 15 is 0 Å². The quantitative estimate of drug-likeness (QED) is 0.485. The van der Waals surface area contributed by atoms with Crippen LogP contribution in [0, 0.1) is 0 Å². The van der Waals surface area contributed by atoms with Crippen molar-refractivity contribution in [3.05, 3.63) is 0 Å². The summed E-state index contributed by atoms with van der Waals surface area (Å²) >= 11 is 0. The Hall–Kier alpha value is -0.0200. The third kappa shape index (κ3) is 2.83. The molecule has 1 saturated heterocycles. The normalized spacial score (nSPS) is 24.2.